The number of nitrogens with zero attached hydrogens (tertiary/aromatic N) is 3. The Kier molecular flexibility index (Phi) is 3.15. The van der Waals surface area contributed by atoms with Crippen LogP contribution in [0.25, 0.3) is 11.3 Å². The third kappa shape index (κ3) is 2.32. The number of fused-ring (bicyclic) bond motifs is 2. The van der Waals surface area contributed by atoms with Crippen LogP contribution in [0, 0.1) is 0 Å². The molecule has 2 atom stereocenters. The average Bonchev–Trinajstić information content (AvgIpc) is 2.77. The summed E-state index contributed by atoms with van der Waals surface area (Å²) >= 11 is 0. The number of aromatic nitrogens is 1. The molecule has 0 N–H and O–H groups in total. The second-order valence-corrected chi connectivity index (χ2v) is 6.20. The van der Waals surface area contributed by atoms with Crippen LogP contribution in [-0.4, -0.2) is 42.1 Å². The smallest absolute Gasteiger partial charge is 0.129 e. The first-order valence-electron chi connectivity index (χ1n) is 7.80. The van der Waals surface area contributed by atoms with Gasteiger partial charge in [0, 0.05) is 30.7 Å². The van der Waals surface area contributed by atoms with Crippen molar-refractivity contribution in [3.8, 4) is 11.3 Å². The molecule has 3 heteroatoms. The summed E-state index contributed by atoms with van der Waals surface area (Å²) in [4.78, 5) is 9.92. The molecule has 0 amide bonds. The van der Waals surface area contributed by atoms with Crippen molar-refractivity contribution in [3.63, 3.8) is 0 Å². The van der Waals surface area contributed by atoms with Gasteiger partial charge in [-0.05, 0) is 32.0 Å². The first-order chi connectivity index (χ1) is 10.3. The van der Waals surface area contributed by atoms with Gasteiger partial charge in [0.1, 0.15) is 5.82 Å². The summed E-state index contributed by atoms with van der Waals surface area (Å²) in [5, 5.41) is 0. The maximum atomic E-state index is 4.90. The van der Waals surface area contributed by atoms with E-state index in [0.29, 0.717) is 12.1 Å². The molecular weight excluding hydrogens is 258 g/mol. The van der Waals surface area contributed by atoms with Crippen molar-refractivity contribution in [1.29, 1.82) is 0 Å². The lowest BCUT2D eigenvalue weighted by Gasteiger charge is -2.39. The summed E-state index contributed by atoms with van der Waals surface area (Å²) in [6.07, 6.45) is 2.66. The molecule has 2 unspecified atom stereocenters. The number of pyridine rings is 1. The second kappa shape index (κ2) is 5.15. The van der Waals surface area contributed by atoms with Crippen LogP contribution in [0.4, 0.5) is 5.82 Å². The van der Waals surface area contributed by atoms with Gasteiger partial charge in [-0.3, -0.25) is 4.90 Å². The fourth-order valence-corrected chi connectivity index (χ4v) is 3.67. The molecule has 0 aliphatic carbocycles. The number of anilines is 1. The van der Waals surface area contributed by atoms with E-state index < -0.39 is 0 Å². The highest BCUT2D eigenvalue weighted by Gasteiger charge is 2.37. The number of likely N-dealkylation sites (N-methyl/N-ethyl adjacent to an activating group) is 1. The number of rotatable bonds is 2. The molecule has 1 aromatic heterocycles. The SMILES string of the molecule is CN1C2CCC1CN(c1cccc(-c3ccccc3)n1)C2. The number of benzene rings is 1. The highest BCUT2D eigenvalue weighted by atomic mass is 15.3. The Labute approximate surface area is 126 Å². The van der Waals surface area contributed by atoms with Crippen molar-refractivity contribution in [3.05, 3.63) is 48.5 Å². The summed E-state index contributed by atoms with van der Waals surface area (Å²) < 4.78 is 0. The Morgan fingerprint density at radius 3 is 2.33 bits per heavy atom. The minimum atomic E-state index is 0.700. The minimum absolute atomic E-state index is 0.700. The quantitative estimate of drug-likeness (QED) is 0.842. The van der Waals surface area contributed by atoms with Gasteiger partial charge in [-0.15, -0.1) is 0 Å². The predicted octanol–water partition coefficient (Wildman–Crippen LogP) is 3.03. The van der Waals surface area contributed by atoms with Gasteiger partial charge in [0.15, 0.2) is 0 Å². The molecule has 2 fully saturated rings. The van der Waals surface area contributed by atoms with E-state index in [1.54, 1.807) is 0 Å². The van der Waals surface area contributed by atoms with Gasteiger partial charge in [0.05, 0.1) is 5.69 Å². The largest absolute Gasteiger partial charge is 0.353 e. The normalized spacial score (nSPS) is 25.3. The summed E-state index contributed by atoms with van der Waals surface area (Å²) in [5.74, 6) is 1.13. The maximum Gasteiger partial charge on any atom is 0.129 e. The molecule has 3 nitrogen and oxygen atoms in total. The summed E-state index contributed by atoms with van der Waals surface area (Å²) in [6.45, 7) is 2.22. The molecule has 0 spiro atoms. The Morgan fingerprint density at radius 2 is 1.62 bits per heavy atom. The molecule has 21 heavy (non-hydrogen) atoms. The number of hydrogen-bond acceptors (Lipinski definition) is 3. The van der Waals surface area contributed by atoms with E-state index in [9.17, 15) is 0 Å². The molecular formula is C18H21N3. The Balaban J connectivity index is 1.62. The molecule has 0 saturated carbocycles. The third-order valence-corrected chi connectivity index (χ3v) is 4.98. The highest BCUT2D eigenvalue weighted by molar-refractivity contribution is 5.61. The van der Waals surface area contributed by atoms with Crippen LogP contribution in [0.15, 0.2) is 48.5 Å². The van der Waals surface area contributed by atoms with Crippen LogP contribution in [0.5, 0.6) is 0 Å². The fourth-order valence-electron chi connectivity index (χ4n) is 3.67. The number of piperazine rings is 1. The zero-order valence-corrected chi connectivity index (χ0v) is 12.4. The molecule has 4 rings (SSSR count). The lowest BCUT2D eigenvalue weighted by molar-refractivity contribution is 0.212. The lowest BCUT2D eigenvalue weighted by atomic mass is 10.1. The maximum absolute atomic E-state index is 4.90. The standard InChI is InChI=1S/C18H21N3/c1-20-15-10-11-16(20)13-21(12-15)18-9-5-8-17(19-18)14-6-3-2-4-7-14/h2-9,15-16H,10-13H2,1H3. The average molecular weight is 279 g/mol. The van der Waals surface area contributed by atoms with Gasteiger partial charge >= 0.3 is 0 Å². The van der Waals surface area contributed by atoms with E-state index in [4.69, 9.17) is 4.98 Å². The lowest BCUT2D eigenvalue weighted by Crippen LogP contribution is -2.52. The highest BCUT2D eigenvalue weighted by Crippen LogP contribution is 2.31. The Morgan fingerprint density at radius 1 is 0.905 bits per heavy atom. The van der Waals surface area contributed by atoms with Gasteiger partial charge in [0.25, 0.3) is 0 Å². The van der Waals surface area contributed by atoms with Gasteiger partial charge in [-0.2, -0.15) is 0 Å². The van der Waals surface area contributed by atoms with E-state index >= 15 is 0 Å². The molecule has 2 aromatic rings. The van der Waals surface area contributed by atoms with Crippen molar-refractivity contribution in [2.75, 3.05) is 25.0 Å². The first-order valence-corrected chi connectivity index (χ1v) is 7.80. The van der Waals surface area contributed by atoms with Crippen molar-refractivity contribution in [2.45, 2.75) is 24.9 Å². The monoisotopic (exact) mass is 279 g/mol. The summed E-state index contributed by atoms with van der Waals surface area (Å²) in [5.41, 5.74) is 2.26. The van der Waals surface area contributed by atoms with Crippen molar-refractivity contribution in [2.24, 2.45) is 0 Å². The molecule has 2 saturated heterocycles. The van der Waals surface area contributed by atoms with Crippen LogP contribution in [0.3, 0.4) is 0 Å². The molecule has 3 heterocycles. The van der Waals surface area contributed by atoms with Crippen LogP contribution in [0.1, 0.15) is 12.8 Å². The van der Waals surface area contributed by atoms with Crippen molar-refractivity contribution < 1.29 is 0 Å². The summed E-state index contributed by atoms with van der Waals surface area (Å²) in [6, 6.07) is 18.2. The second-order valence-electron chi connectivity index (χ2n) is 6.20. The van der Waals surface area contributed by atoms with Crippen LogP contribution < -0.4 is 4.90 Å². The third-order valence-electron chi connectivity index (χ3n) is 4.98. The minimum Gasteiger partial charge on any atom is -0.353 e. The molecule has 2 aliphatic heterocycles. The van der Waals surface area contributed by atoms with Crippen molar-refractivity contribution in [1.82, 2.24) is 9.88 Å². The zero-order valence-electron chi connectivity index (χ0n) is 12.4. The topological polar surface area (TPSA) is 19.4 Å². The van der Waals surface area contributed by atoms with Crippen LogP contribution in [0.2, 0.25) is 0 Å². The van der Waals surface area contributed by atoms with Gasteiger partial charge < -0.3 is 4.90 Å². The molecule has 2 bridgehead atoms. The molecule has 2 aliphatic rings. The Hall–Kier alpha value is -1.87. The van der Waals surface area contributed by atoms with Gasteiger partial charge in [-0.25, -0.2) is 4.98 Å². The molecule has 1 aromatic carbocycles. The molecule has 0 radical (unpaired) electrons. The van der Waals surface area contributed by atoms with E-state index in [0.717, 1.165) is 24.6 Å². The zero-order chi connectivity index (χ0) is 14.2. The van der Waals surface area contributed by atoms with E-state index in [1.807, 2.05) is 6.07 Å². The predicted molar refractivity (Wildman–Crippen MR) is 86.5 cm³/mol. The first kappa shape index (κ1) is 12.8. The van der Waals surface area contributed by atoms with Crippen LogP contribution >= 0.6 is 0 Å². The van der Waals surface area contributed by atoms with Gasteiger partial charge in [-0.1, -0.05) is 36.4 Å². The summed E-state index contributed by atoms with van der Waals surface area (Å²) in [7, 11) is 2.27. The Bertz CT molecular complexity index is 611. The van der Waals surface area contributed by atoms with Gasteiger partial charge in [0.2, 0.25) is 0 Å². The molecule has 108 valence electrons. The van der Waals surface area contributed by atoms with E-state index in [2.05, 4.69) is 59.3 Å². The van der Waals surface area contributed by atoms with Crippen LogP contribution in [-0.2, 0) is 0 Å². The van der Waals surface area contributed by atoms with E-state index in [-0.39, 0.29) is 0 Å². The fraction of sp³-hybridized carbons (Fsp3) is 0.389. The number of hydrogen-bond donors (Lipinski definition) is 0. The van der Waals surface area contributed by atoms with E-state index in [1.165, 1.54) is 18.4 Å². The van der Waals surface area contributed by atoms with Crippen molar-refractivity contribution >= 4 is 5.82 Å².